The Morgan fingerprint density at radius 3 is 2.59 bits per heavy atom. The summed E-state index contributed by atoms with van der Waals surface area (Å²) in [6.07, 6.45) is 0.366. The van der Waals surface area contributed by atoms with Gasteiger partial charge < -0.3 is 18.9 Å². The highest BCUT2D eigenvalue weighted by Gasteiger charge is 2.37. The highest BCUT2D eigenvalue weighted by Crippen LogP contribution is 2.35. The number of benzene rings is 2. The third-order valence-corrected chi connectivity index (χ3v) is 5.34. The summed E-state index contributed by atoms with van der Waals surface area (Å²) in [6, 6.07) is 15.5. The molecule has 0 saturated carbocycles. The molecule has 1 amide bonds. The molecule has 1 fully saturated rings. The van der Waals surface area contributed by atoms with Gasteiger partial charge in [0.05, 0.1) is 26.2 Å². The van der Waals surface area contributed by atoms with E-state index in [2.05, 4.69) is 10.1 Å². The van der Waals surface area contributed by atoms with Crippen LogP contribution in [0.5, 0.6) is 11.5 Å². The van der Waals surface area contributed by atoms with Crippen molar-refractivity contribution < 1.29 is 18.8 Å². The molecule has 7 heteroatoms. The van der Waals surface area contributed by atoms with Crippen LogP contribution in [0.3, 0.4) is 0 Å². The molecule has 2 unspecified atom stereocenters. The molecule has 1 aliphatic heterocycles. The Balaban J connectivity index is 1.52. The van der Waals surface area contributed by atoms with E-state index in [0.29, 0.717) is 36.2 Å². The predicted octanol–water partition coefficient (Wildman–Crippen LogP) is 3.83. The normalized spacial score (nSPS) is 17.4. The van der Waals surface area contributed by atoms with Gasteiger partial charge in [0.25, 0.3) is 0 Å². The van der Waals surface area contributed by atoms with Crippen molar-refractivity contribution in [3.63, 3.8) is 0 Å². The summed E-state index contributed by atoms with van der Waals surface area (Å²) in [5, 5.41) is 4.10. The Morgan fingerprint density at radius 2 is 1.86 bits per heavy atom. The minimum atomic E-state index is -0.116. The van der Waals surface area contributed by atoms with Gasteiger partial charge >= 0.3 is 0 Å². The van der Waals surface area contributed by atoms with Crippen LogP contribution in [0.1, 0.15) is 36.8 Å². The van der Waals surface area contributed by atoms with Crippen molar-refractivity contribution in [1.29, 1.82) is 0 Å². The van der Waals surface area contributed by atoms with Crippen LogP contribution >= 0.6 is 0 Å². The molecule has 1 aromatic heterocycles. The molecule has 4 rings (SSSR count). The van der Waals surface area contributed by atoms with Crippen LogP contribution in [0.25, 0.3) is 11.4 Å². The fourth-order valence-electron chi connectivity index (χ4n) is 3.68. The molecule has 0 aliphatic carbocycles. The van der Waals surface area contributed by atoms with Gasteiger partial charge in [0.1, 0.15) is 0 Å². The molecule has 2 atom stereocenters. The molecule has 0 N–H and O–H groups in total. The Kier molecular flexibility index (Phi) is 5.20. The van der Waals surface area contributed by atoms with E-state index >= 15 is 0 Å². The second-order valence-corrected chi connectivity index (χ2v) is 7.06. The number of aromatic nitrogens is 2. The fourth-order valence-corrected chi connectivity index (χ4v) is 3.68. The van der Waals surface area contributed by atoms with Gasteiger partial charge in [-0.3, -0.25) is 4.79 Å². The first kappa shape index (κ1) is 19.0. The largest absolute Gasteiger partial charge is 0.493 e. The van der Waals surface area contributed by atoms with E-state index in [4.69, 9.17) is 14.0 Å². The molecular formula is C22H23N3O4. The van der Waals surface area contributed by atoms with Gasteiger partial charge in [0.15, 0.2) is 11.5 Å². The smallest absolute Gasteiger partial charge is 0.232 e. The molecular weight excluding hydrogens is 370 g/mol. The average molecular weight is 393 g/mol. The van der Waals surface area contributed by atoms with Crippen molar-refractivity contribution in [2.75, 3.05) is 20.8 Å². The topological polar surface area (TPSA) is 77.7 Å². The van der Waals surface area contributed by atoms with E-state index < -0.39 is 0 Å². The zero-order valence-corrected chi connectivity index (χ0v) is 16.7. The molecule has 0 bridgehead atoms. The lowest BCUT2D eigenvalue weighted by Crippen LogP contribution is -2.28. The van der Waals surface area contributed by atoms with E-state index in [1.165, 1.54) is 0 Å². The van der Waals surface area contributed by atoms with Gasteiger partial charge in [-0.15, -0.1) is 0 Å². The van der Waals surface area contributed by atoms with Gasteiger partial charge in [0, 0.05) is 18.5 Å². The van der Waals surface area contributed by atoms with E-state index in [0.717, 1.165) is 11.1 Å². The first-order valence-corrected chi connectivity index (χ1v) is 9.51. The summed E-state index contributed by atoms with van der Waals surface area (Å²) in [5.74, 6) is 2.14. The highest BCUT2D eigenvalue weighted by molar-refractivity contribution is 5.80. The maximum atomic E-state index is 12.6. The molecule has 0 radical (unpaired) electrons. The van der Waals surface area contributed by atoms with Crippen LogP contribution in [-0.4, -0.2) is 41.7 Å². The standard InChI is InChI=1S/C22H23N3O4/c1-14(15-7-5-4-6-8-15)25-13-17(12-20(25)26)22-23-21(24-29-22)16-9-10-18(27-2)19(11-16)28-3/h4-11,14,17H,12-13H2,1-3H3. The Morgan fingerprint density at radius 1 is 1.10 bits per heavy atom. The lowest BCUT2D eigenvalue weighted by atomic mass is 10.1. The van der Waals surface area contributed by atoms with Gasteiger partial charge in [-0.2, -0.15) is 4.98 Å². The van der Waals surface area contributed by atoms with Gasteiger partial charge in [-0.05, 0) is 30.7 Å². The van der Waals surface area contributed by atoms with Crippen LogP contribution in [0.2, 0.25) is 0 Å². The average Bonchev–Trinajstić information content (AvgIpc) is 3.40. The van der Waals surface area contributed by atoms with E-state index in [1.807, 2.05) is 48.2 Å². The van der Waals surface area contributed by atoms with Crippen LogP contribution in [-0.2, 0) is 4.79 Å². The minimum Gasteiger partial charge on any atom is -0.493 e. The fraction of sp³-hybridized carbons (Fsp3) is 0.318. The van der Waals surface area contributed by atoms with Crippen molar-refractivity contribution in [2.24, 2.45) is 0 Å². The SMILES string of the molecule is COc1ccc(-c2noc(C3CC(=O)N(C(C)c4ccccc4)C3)n2)cc1OC. The minimum absolute atomic E-state index is 0.00180. The lowest BCUT2D eigenvalue weighted by Gasteiger charge is -2.24. The molecule has 150 valence electrons. The number of methoxy groups -OCH3 is 2. The van der Waals surface area contributed by atoms with Crippen LogP contribution in [0.4, 0.5) is 0 Å². The maximum absolute atomic E-state index is 12.6. The van der Waals surface area contributed by atoms with Crippen molar-refractivity contribution in [1.82, 2.24) is 15.0 Å². The summed E-state index contributed by atoms with van der Waals surface area (Å²) in [7, 11) is 3.17. The first-order chi connectivity index (χ1) is 14.1. The number of amides is 1. The summed E-state index contributed by atoms with van der Waals surface area (Å²) in [4.78, 5) is 19.0. The zero-order valence-electron chi connectivity index (χ0n) is 16.7. The lowest BCUT2D eigenvalue weighted by molar-refractivity contribution is -0.129. The number of nitrogens with zero attached hydrogens (tertiary/aromatic N) is 3. The number of carbonyl (C=O) groups is 1. The van der Waals surface area contributed by atoms with Crippen molar-refractivity contribution in [2.45, 2.75) is 25.3 Å². The Hall–Kier alpha value is -3.35. The van der Waals surface area contributed by atoms with Crippen molar-refractivity contribution in [3.05, 3.63) is 60.0 Å². The highest BCUT2D eigenvalue weighted by atomic mass is 16.5. The Bertz CT molecular complexity index is 1000. The van der Waals surface area contributed by atoms with Crippen LogP contribution < -0.4 is 9.47 Å². The van der Waals surface area contributed by atoms with Crippen LogP contribution in [0.15, 0.2) is 53.1 Å². The second-order valence-electron chi connectivity index (χ2n) is 7.06. The number of hydrogen-bond donors (Lipinski definition) is 0. The number of carbonyl (C=O) groups excluding carboxylic acids is 1. The first-order valence-electron chi connectivity index (χ1n) is 9.51. The van der Waals surface area contributed by atoms with Crippen molar-refractivity contribution >= 4 is 5.91 Å². The maximum Gasteiger partial charge on any atom is 0.232 e. The summed E-state index contributed by atoms with van der Waals surface area (Å²) in [5.41, 5.74) is 1.87. The van der Waals surface area contributed by atoms with Gasteiger partial charge in [-0.1, -0.05) is 35.5 Å². The molecule has 1 saturated heterocycles. The molecule has 29 heavy (non-hydrogen) atoms. The monoisotopic (exact) mass is 393 g/mol. The molecule has 2 aromatic carbocycles. The number of hydrogen-bond acceptors (Lipinski definition) is 6. The molecule has 3 aromatic rings. The van der Waals surface area contributed by atoms with Crippen LogP contribution in [0, 0.1) is 0 Å². The second kappa shape index (κ2) is 7.95. The third kappa shape index (κ3) is 3.68. The van der Waals surface area contributed by atoms with E-state index in [9.17, 15) is 4.79 Å². The number of likely N-dealkylation sites (tertiary alicyclic amines) is 1. The number of rotatable bonds is 6. The van der Waals surface area contributed by atoms with E-state index in [-0.39, 0.29) is 17.9 Å². The predicted molar refractivity (Wildman–Crippen MR) is 107 cm³/mol. The summed E-state index contributed by atoms with van der Waals surface area (Å²) >= 11 is 0. The molecule has 1 aliphatic rings. The Labute approximate surface area is 169 Å². The van der Waals surface area contributed by atoms with Gasteiger partial charge in [0.2, 0.25) is 17.6 Å². The quantitative estimate of drug-likeness (QED) is 0.633. The molecule has 2 heterocycles. The van der Waals surface area contributed by atoms with E-state index in [1.54, 1.807) is 26.4 Å². The number of ether oxygens (including phenoxy) is 2. The zero-order chi connectivity index (χ0) is 20.4. The van der Waals surface area contributed by atoms with Crippen molar-refractivity contribution in [3.8, 4) is 22.9 Å². The summed E-state index contributed by atoms with van der Waals surface area (Å²) < 4.78 is 16.1. The summed E-state index contributed by atoms with van der Waals surface area (Å²) in [6.45, 7) is 2.60. The third-order valence-electron chi connectivity index (χ3n) is 5.34. The van der Waals surface area contributed by atoms with Gasteiger partial charge in [-0.25, -0.2) is 0 Å². The molecule has 0 spiro atoms. The molecule has 7 nitrogen and oxygen atoms in total.